The summed E-state index contributed by atoms with van der Waals surface area (Å²) in [6, 6.07) is 9.83. The lowest BCUT2D eigenvalue weighted by molar-refractivity contribution is -0.123. The summed E-state index contributed by atoms with van der Waals surface area (Å²) in [5.41, 5.74) is 4.05. The standard InChI is InChI=1S/C21H24N2O3S/c1-6-26-18-9-7-17(8-10-18)23-14(4)11-16(15(23)5)12-19-20(24)22(13(2)3)21(25)27-19/h7-13H,6H2,1-5H3/b19-12+. The van der Waals surface area contributed by atoms with Gasteiger partial charge in [-0.25, -0.2) is 0 Å². The van der Waals surface area contributed by atoms with Gasteiger partial charge in [-0.3, -0.25) is 14.5 Å². The van der Waals surface area contributed by atoms with E-state index in [2.05, 4.69) is 4.57 Å². The second kappa shape index (κ2) is 7.64. The Morgan fingerprint density at radius 1 is 1.15 bits per heavy atom. The van der Waals surface area contributed by atoms with E-state index in [4.69, 9.17) is 4.74 Å². The van der Waals surface area contributed by atoms with E-state index < -0.39 is 0 Å². The van der Waals surface area contributed by atoms with Crippen LogP contribution >= 0.6 is 11.8 Å². The van der Waals surface area contributed by atoms with Crippen LogP contribution in [0, 0.1) is 13.8 Å². The van der Waals surface area contributed by atoms with Gasteiger partial charge in [-0.1, -0.05) is 0 Å². The molecule has 0 atom stereocenters. The number of imide groups is 1. The summed E-state index contributed by atoms with van der Waals surface area (Å²) < 4.78 is 7.64. The molecule has 0 bridgehead atoms. The van der Waals surface area contributed by atoms with E-state index in [1.54, 1.807) is 0 Å². The van der Waals surface area contributed by atoms with Gasteiger partial charge in [0.25, 0.3) is 11.1 Å². The Hall–Kier alpha value is -2.47. The number of aromatic nitrogens is 1. The molecule has 5 nitrogen and oxygen atoms in total. The van der Waals surface area contributed by atoms with Crippen LogP contribution in [0.25, 0.3) is 11.8 Å². The summed E-state index contributed by atoms with van der Waals surface area (Å²) in [6.07, 6.45) is 1.82. The Morgan fingerprint density at radius 3 is 2.37 bits per heavy atom. The van der Waals surface area contributed by atoms with Gasteiger partial charge in [0, 0.05) is 23.1 Å². The summed E-state index contributed by atoms with van der Waals surface area (Å²) in [6.45, 7) is 10.3. The van der Waals surface area contributed by atoms with E-state index >= 15 is 0 Å². The number of benzene rings is 1. The van der Waals surface area contributed by atoms with Crippen molar-refractivity contribution in [2.45, 2.75) is 40.7 Å². The third-order valence-electron chi connectivity index (χ3n) is 4.50. The normalized spacial score (nSPS) is 16.1. The van der Waals surface area contributed by atoms with E-state index in [1.165, 1.54) is 4.90 Å². The molecule has 0 radical (unpaired) electrons. The molecule has 1 aromatic heterocycles. The molecule has 1 aliphatic rings. The number of carbonyl (C=O) groups is 2. The highest BCUT2D eigenvalue weighted by Gasteiger charge is 2.36. The number of thioether (sulfide) groups is 1. The molecule has 0 spiro atoms. The van der Waals surface area contributed by atoms with Gasteiger partial charge in [0.2, 0.25) is 0 Å². The van der Waals surface area contributed by atoms with Crippen molar-refractivity contribution in [1.29, 1.82) is 0 Å². The van der Waals surface area contributed by atoms with Crippen molar-refractivity contribution in [2.75, 3.05) is 6.61 Å². The zero-order valence-electron chi connectivity index (χ0n) is 16.3. The fourth-order valence-corrected chi connectivity index (χ4v) is 4.21. The molecule has 2 heterocycles. The second-order valence-corrected chi connectivity index (χ2v) is 7.73. The molecule has 0 N–H and O–H groups in total. The van der Waals surface area contributed by atoms with E-state index in [1.807, 2.05) is 71.0 Å². The van der Waals surface area contributed by atoms with Crippen molar-refractivity contribution in [3.63, 3.8) is 0 Å². The highest BCUT2D eigenvalue weighted by atomic mass is 32.2. The third-order valence-corrected chi connectivity index (χ3v) is 5.39. The summed E-state index contributed by atoms with van der Waals surface area (Å²) in [5.74, 6) is 0.622. The minimum absolute atomic E-state index is 0.139. The summed E-state index contributed by atoms with van der Waals surface area (Å²) in [7, 11) is 0. The van der Waals surface area contributed by atoms with Crippen molar-refractivity contribution in [2.24, 2.45) is 0 Å². The van der Waals surface area contributed by atoms with Gasteiger partial charge in [0.05, 0.1) is 11.5 Å². The summed E-state index contributed by atoms with van der Waals surface area (Å²) in [4.78, 5) is 26.4. The first kappa shape index (κ1) is 19.3. The number of hydrogen-bond acceptors (Lipinski definition) is 4. The average molecular weight is 385 g/mol. The van der Waals surface area contributed by atoms with Crippen molar-refractivity contribution in [1.82, 2.24) is 9.47 Å². The molecule has 0 saturated carbocycles. The molecule has 1 fully saturated rings. The maximum absolute atomic E-state index is 12.5. The maximum atomic E-state index is 12.5. The number of carbonyl (C=O) groups excluding carboxylic acids is 2. The minimum Gasteiger partial charge on any atom is -0.494 e. The zero-order chi connectivity index (χ0) is 19.7. The van der Waals surface area contributed by atoms with Gasteiger partial charge in [-0.2, -0.15) is 0 Å². The van der Waals surface area contributed by atoms with Gasteiger partial charge in [-0.15, -0.1) is 0 Å². The number of aryl methyl sites for hydroxylation is 1. The van der Waals surface area contributed by atoms with E-state index in [0.29, 0.717) is 11.5 Å². The molecular formula is C21H24N2O3S. The first-order valence-electron chi connectivity index (χ1n) is 9.02. The van der Waals surface area contributed by atoms with Gasteiger partial charge in [0.1, 0.15) is 5.75 Å². The van der Waals surface area contributed by atoms with Crippen LogP contribution in [0.1, 0.15) is 37.7 Å². The van der Waals surface area contributed by atoms with Crippen molar-refractivity contribution < 1.29 is 14.3 Å². The molecular weight excluding hydrogens is 360 g/mol. The van der Waals surface area contributed by atoms with E-state index in [-0.39, 0.29) is 17.2 Å². The second-order valence-electron chi connectivity index (χ2n) is 6.73. The molecule has 2 aromatic rings. The van der Waals surface area contributed by atoms with E-state index in [0.717, 1.165) is 40.2 Å². The van der Waals surface area contributed by atoms with Gasteiger partial charge >= 0.3 is 0 Å². The highest BCUT2D eigenvalue weighted by molar-refractivity contribution is 8.18. The molecule has 1 saturated heterocycles. The topological polar surface area (TPSA) is 51.5 Å². The average Bonchev–Trinajstić information content (AvgIpc) is 3.04. The molecule has 142 valence electrons. The monoisotopic (exact) mass is 384 g/mol. The van der Waals surface area contributed by atoms with Crippen LogP contribution in [0.15, 0.2) is 35.2 Å². The number of hydrogen-bond donors (Lipinski definition) is 0. The lowest BCUT2D eigenvalue weighted by atomic mass is 10.2. The predicted molar refractivity (Wildman–Crippen MR) is 109 cm³/mol. The molecule has 2 amide bonds. The number of ether oxygens (including phenoxy) is 1. The third kappa shape index (κ3) is 3.67. The molecule has 1 aromatic carbocycles. The number of nitrogens with zero attached hydrogens (tertiary/aromatic N) is 2. The van der Waals surface area contributed by atoms with Gasteiger partial charge in [0.15, 0.2) is 0 Å². The molecule has 1 aliphatic heterocycles. The first-order chi connectivity index (χ1) is 12.8. The first-order valence-corrected chi connectivity index (χ1v) is 9.84. The summed E-state index contributed by atoms with van der Waals surface area (Å²) >= 11 is 1.00. The number of amides is 2. The molecule has 27 heavy (non-hydrogen) atoms. The van der Waals surface area contributed by atoms with Crippen LogP contribution in [-0.2, 0) is 4.79 Å². The molecule has 6 heteroatoms. The van der Waals surface area contributed by atoms with Crippen LogP contribution < -0.4 is 4.74 Å². The van der Waals surface area contributed by atoms with Crippen LogP contribution in [0.3, 0.4) is 0 Å². The lowest BCUT2D eigenvalue weighted by Gasteiger charge is -2.16. The fourth-order valence-electron chi connectivity index (χ4n) is 3.26. The maximum Gasteiger partial charge on any atom is 0.293 e. The minimum atomic E-state index is -0.217. The molecule has 0 aliphatic carbocycles. The fraction of sp³-hybridized carbons (Fsp3) is 0.333. The molecule has 0 unspecified atom stereocenters. The van der Waals surface area contributed by atoms with Gasteiger partial charge in [-0.05, 0) is 88.4 Å². The SMILES string of the molecule is CCOc1ccc(-n2c(C)cc(/C=C3/SC(=O)N(C(C)C)C3=O)c2C)cc1. The van der Waals surface area contributed by atoms with Crippen LogP contribution in [0.5, 0.6) is 5.75 Å². The Morgan fingerprint density at radius 2 is 1.81 bits per heavy atom. The quantitative estimate of drug-likeness (QED) is 0.685. The van der Waals surface area contributed by atoms with Crippen molar-refractivity contribution >= 4 is 29.0 Å². The van der Waals surface area contributed by atoms with Crippen LogP contribution in [-0.4, -0.2) is 33.3 Å². The Bertz CT molecular complexity index is 910. The lowest BCUT2D eigenvalue weighted by Crippen LogP contribution is -2.34. The zero-order valence-corrected chi connectivity index (χ0v) is 17.1. The Kier molecular flexibility index (Phi) is 5.46. The van der Waals surface area contributed by atoms with Crippen LogP contribution in [0.2, 0.25) is 0 Å². The van der Waals surface area contributed by atoms with E-state index in [9.17, 15) is 9.59 Å². The largest absolute Gasteiger partial charge is 0.494 e. The number of rotatable bonds is 5. The Labute approximate surface area is 164 Å². The van der Waals surface area contributed by atoms with Crippen molar-refractivity contribution in [3.8, 4) is 11.4 Å². The highest BCUT2D eigenvalue weighted by Crippen LogP contribution is 2.34. The predicted octanol–water partition coefficient (Wildman–Crippen LogP) is 4.94. The summed E-state index contributed by atoms with van der Waals surface area (Å²) in [5, 5.41) is -0.207. The molecule has 3 rings (SSSR count). The van der Waals surface area contributed by atoms with Crippen LogP contribution in [0.4, 0.5) is 4.79 Å². The van der Waals surface area contributed by atoms with Gasteiger partial charge < -0.3 is 9.30 Å². The Balaban J connectivity index is 1.95. The smallest absolute Gasteiger partial charge is 0.293 e. The van der Waals surface area contributed by atoms with Crippen molar-refractivity contribution in [3.05, 3.63) is 52.2 Å².